The summed E-state index contributed by atoms with van der Waals surface area (Å²) >= 11 is 0. The van der Waals surface area contributed by atoms with Crippen molar-refractivity contribution in [1.82, 2.24) is 4.98 Å². The molecular weight excluding hydrogens is 249 g/mol. The van der Waals surface area contributed by atoms with E-state index in [1.165, 1.54) is 4.90 Å². The molecule has 1 aliphatic rings. The molecule has 0 unspecified atom stereocenters. The lowest BCUT2D eigenvalue weighted by Gasteiger charge is -2.32. The number of anilines is 1. The van der Waals surface area contributed by atoms with Crippen LogP contribution in [0.15, 0.2) is 12.1 Å². The lowest BCUT2D eigenvalue weighted by molar-refractivity contribution is -0.0222. The van der Waals surface area contributed by atoms with Gasteiger partial charge >= 0.3 is 5.97 Å². The highest BCUT2D eigenvalue weighted by Crippen LogP contribution is 2.30. The van der Waals surface area contributed by atoms with Gasteiger partial charge in [-0.15, -0.1) is 0 Å². The summed E-state index contributed by atoms with van der Waals surface area (Å²) in [5.74, 6) is -4.90. The third-order valence-electron chi connectivity index (χ3n) is 2.84. The zero-order valence-electron chi connectivity index (χ0n) is 9.37. The predicted molar refractivity (Wildman–Crippen MR) is 57.5 cm³/mol. The number of carboxylic acids is 1. The maximum atomic E-state index is 13.5. The third-order valence-corrected chi connectivity index (χ3v) is 2.84. The van der Waals surface area contributed by atoms with Crippen molar-refractivity contribution in [2.75, 3.05) is 18.0 Å². The Bertz CT molecular complexity index is 469. The molecule has 98 valence electrons. The summed E-state index contributed by atoms with van der Waals surface area (Å²) in [4.78, 5) is 15.7. The van der Waals surface area contributed by atoms with Gasteiger partial charge in [-0.1, -0.05) is 0 Å². The van der Waals surface area contributed by atoms with Gasteiger partial charge in [-0.3, -0.25) is 0 Å². The van der Waals surface area contributed by atoms with Crippen molar-refractivity contribution < 1.29 is 23.1 Å². The van der Waals surface area contributed by atoms with Gasteiger partial charge in [0.2, 0.25) is 0 Å². The Balaban J connectivity index is 2.23. The zero-order chi connectivity index (χ0) is 13.3. The van der Waals surface area contributed by atoms with Crippen LogP contribution in [0.3, 0.4) is 0 Å². The molecular formula is C11H11F3N2O2. The van der Waals surface area contributed by atoms with E-state index in [4.69, 9.17) is 5.11 Å². The van der Waals surface area contributed by atoms with Gasteiger partial charge in [-0.25, -0.2) is 22.9 Å². The molecule has 2 rings (SSSR count). The number of hydrogen-bond donors (Lipinski definition) is 1. The second-order valence-electron chi connectivity index (χ2n) is 4.15. The van der Waals surface area contributed by atoms with E-state index in [1.807, 2.05) is 0 Å². The molecule has 0 aliphatic carbocycles. The number of nitrogens with zero attached hydrogens (tertiary/aromatic N) is 2. The first-order chi connectivity index (χ1) is 8.39. The molecule has 2 heterocycles. The van der Waals surface area contributed by atoms with Crippen LogP contribution in [0.4, 0.5) is 19.0 Å². The molecule has 1 aliphatic heterocycles. The topological polar surface area (TPSA) is 53.4 Å². The number of carboxylic acid groups (broad SMARTS) is 1. The standard InChI is InChI=1S/C11H11F3N2O2/c12-7-1-2-8(10(17)18)15-9(7)16-5-3-11(13,14)4-6-16/h1-2H,3-6H2,(H,17,18). The normalized spacial score (nSPS) is 18.7. The summed E-state index contributed by atoms with van der Waals surface area (Å²) in [6.07, 6.45) is -0.767. The minimum Gasteiger partial charge on any atom is -0.477 e. The SMILES string of the molecule is O=C(O)c1ccc(F)c(N2CCC(F)(F)CC2)n1. The number of aromatic nitrogens is 1. The van der Waals surface area contributed by atoms with Gasteiger partial charge in [0.15, 0.2) is 17.3 Å². The Kier molecular flexibility index (Phi) is 3.14. The molecule has 1 fully saturated rings. The summed E-state index contributed by atoms with van der Waals surface area (Å²) in [6.45, 7) is -0.0833. The molecule has 0 amide bonds. The van der Waals surface area contributed by atoms with E-state index in [2.05, 4.69) is 4.98 Å². The summed E-state index contributed by atoms with van der Waals surface area (Å²) in [5, 5.41) is 8.76. The number of carbonyl (C=O) groups is 1. The van der Waals surface area contributed by atoms with Crippen LogP contribution in [0.2, 0.25) is 0 Å². The molecule has 1 N–H and O–H groups in total. The van der Waals surface area contributed by atoms with Crippen molar-refractivity contribution in [3.8, 4) is 0 Å². The number of aromatic carboxylic acids is 1. The molecule has 0 spiro atoms. The summed E-state index contributed by atoms with van der Waals surface area (Å²) in [7, 11) is 0. The van der Waals surface area contributed by atoms with E-state index in [0.717, 1.165) is 12.1 Å². The first kappa shape index (κ1) is 12.7. The number of pyridine rings is 1. The van der Waals surface area contributed by atoms with Gasteiger partial charge in [0.25, 0.3) is 5.92 Å². The molecule has 0 radical (unpaired) electrons. The molecule has 18 heavy (non-hydrogen) atoms. The van der Waals surface area contributed by atoms with E-state index >= 15 is 0 Å². The number of rotatable bonds is 2. The monoisotopic (exact) mass is 260 g/mol. The Morgan fingerprint density at radius 3 is 2.50 bits per heavy atom. The Labute approximate surface area is 101 Å². The minimum absolute atomic E-state index is 0.0417. The molecule has 0 bridgehead atoms. The second-order valence-corrected chi connectivity index (χ2v) is 4.15. The van der Waals surface area contributed by atoms with Gasteiger partial charge in [0, 0.05) is 25.9 Å². The van der Waals surface area contributed by atoms with E-state index in [-0.39, 0.29) is 37.4 Å². The van der Waals surface area contributed by atoms with Crippen LogP contribution >= 0.6 is 0 Å². The first-order valence-electron chi connectivity index (χ1n) is 5.42. The average Bonchev–Trinajstić information content (AvgIpc) is 2.30. The smallest absolute Gasteiger partial charge is 0.354 e. The highest BCUT2D eigenvalue weighted by Gasteiger charge is 2.35. The van der Waals surface area contributed by atoms with E-state index < -0.39 is 17.7 Å². The molecule has 4 nitrogen and oxygen atoms in total. The fraction of sp³-hybridized carbons (Fsp3) is 0.455. The van der Waals surface area contributed by atoms with E-state index in [9.17, 15) is 18.0 Å². The summed E-state index contributed by atoms with van der Waals surface area (Å²) in [5.41, 5.74) is -0.302. The maximum absolute atomic E-state index is 13.5. The molecule has 0 saturated carbocycles. The van der Waals surface area contributed by atoms with Gasteiger partial charge in [-0.2, -0.15) is 0 Å². The van der Waals surface area contributed by atoms with Gasteiger partial charge < -0.3 is 10.0 Å². The van der Waals surface area contributed by atoms with Crippen LogP contribution in [0.25, 0.3) is 0 Å². The molecule has 1 aromatic rings. The third kappa shape index (κ3) is 2.55. The quantitative estimate of drug-likeness (QED) is 0.885. The molecule has 1 aromatic heterocycles. The molecule has 0 atom stereocenters. The Morgan fingerprint density at radius 2 is 1.94 bits per heavy atom. The summed E-state index contributed by atoms with van der Waals surface area (Å²) in [6, 6.07) is 2.03. The van der Waals surface area contributed by atoms with Crippen LogP contribution in [0.5, 0.6) is 0 Å². The largest absolute Gasteiger partial charge is 0.477 e. The molecule has 7 heteroatoms. The van der Waals surface area contributed by atoms with Crippen molar-refractivity contribution in [2.24, 2.45) is 0 Å². The summed E-state index contributed by atoms with van der Waals surface area (Å²) < 4.78 is 39.5. The van der Waals surface area contributed by atoms with Crippen LogP contribution in [0, 0.1) is 5.82 Å². The molecule has 0 aromatic carbocycles. The molecule has 1 saturated heterocycles. The highest BCUT2D eigenvalue weighted by atomic mass is 19.3. The van der Waals surface area contributed by atoms with Crippen LogP contribution in [-0.2, 0) is 0 Å². The predicted octanol–water partition coefficient (Wildman–Crippen LogP) is 2.15. The van der Waals surface area contributed by atoms with E-state index in [1.54, 1.807) is 0 Å². The zero-order valence-corrected chi connectivity index (χ0v) is 9.37. The van der Waals surface area contributed by atoms with Crippen molar-refractivity contribution >= 4 is 11.8 Å². The highest BCUT2D eigenvalue weighted by molar-refractivity contribution is 5.85. The fourth-order valence-corrected chi connectivity index (χ4v) is 1.82. The van der Waals surface area contributed by atoms with Crippen LogP contribution < -0.4 is 4.90 Å². The number of hydrogen-bond acceptors (Lipinski definition) is 3. The van der Waals surface area contributed by atoms with Crippen LogP contribution in [0.1, 0.15) is 23.3 Å². The number of alkyl halides is 2. The van der Waals surface area contributed by atoms with E-state index in [0.29, 0.717) is 0 Å². The lowest BCUT2D eigenvalue weighted by atomic mass is 10.1. The van der Waals surface area contributed by atoms with Crippen molar-refractivity contribution in [3.05, 3.63) is 23.6 Å². The van der Waals surface area contributed by atoms with Crippen LogP contribution in [-0.4, -0.2) is 35.1 Å². The first-order valence-corrected chi connectivity index (χ1v) is 5.42. The van der Waals surface area contributed by atoms with Crippen molar-refractivity contribution in [3.63, 3.8) is 0 Å². The lowest BCUT2D eigenvalue weighted by Crippen LogP contribution is -2.40. The van der Waals surface area contributed by atoms with Gasteiger partial charge in [0.05, 0.1) is 0 Å². The van der Waals surface area contributed by atoms with Gasteiger partial charge in [0.1, 0.15) is 0 Å². The van der Waals surface area contributed by atoms with Gasteiger partial charge in [-0.05, 0) is 12.1 Å². The van der Waals surface area contributed by atoms with Crippen molar-refractivity contribution in [2.45, 2.75) is 18.8 Å². The number of halogens is 3. The number of piperidine rings is 1. The average molecular weight is 260 g/mol. The maximum Gasteiger partial charge on any atom is 0.354 e. The Hall–Kier alpha value is -1.79. The Morgan fingerprint density at radius 1 is 1.33 bits per heavy atom. The second kappa shape index (κ2) is 4.47. The van der Waals surface area contributed by atoms with Crippen molar-refractivity contribution in [1.29, 1.82) is 0 Å². The fourth-order valence-electron chi connectivity index (χ4n) is 1.82. The minimum atomic E-state index is -2.74.